The highest BCUT2D eigenvalue weighted by atomic mass is 19.4. The zero-order valence-electron chi connectivity index (χ0n) is 9.70. The maximum atomic E-state index is 12.8. The first-order valence-corrected chi connectivity index (χ1v) is 5.40. The number of benzene rings is 1. The fourth-order valence-corrected chi connectivity index (χ4v) is 1.67. The van der Waals surface area contributed by atoms with Gasteiger partial charge in [0.15, 0.2) is 0 Å². The molecular weight excluding hydrogens is 255 g/mol. The summed E-state index contributed by atoms with van der Waals surface area (Å²) in [6, 6.07) is 7.09. The lowest BCUT2D eigenvalue weighted by atomic mass is 10.1. The van der Waals surface area contributed by atoms with E-state index in [1.807, 2.05) is 0 Å². The molecule has 0 radical (unpaired) electrons. The lowest BCUT2D eigenvalue weighted by Crippen LogP contribution is -2.10. The number of anilines is 2. The number of aromatic nitrogens is 1. The summed E-state index contributed by atoms with van der Waals surface area (Å²) in [6.07, 6.45) is -0.732. The zero-order chi connectivity index (χ0) is 13.9. The van der Waals surface area contributed by atoms with E-state index in [9.17, 15) is 13.2 Å². The van der Waals surface area contributed by atoms with Crippen molar-refractivity contribution in [3.05, 3.63) is 53.9 Å². The topological polar surface area (TPSA) is 48.8 Å². The van der Waals surface area contributed by atoms with Crippen LogP contribution in [0.3, 0.4) is 0 Å². The van der Waals surface area contributed by atoms with Gasteiger partial charge >= 0.3 is 6.18 Å². The number of nitrogens with one attached hydrogen (secondary N) is 2. The number of nitrogens with zero attached hydrogens (tertiary/aromatic N) is 1. The number of rotatable bonds is 3. The van der Waals surface area contributed by atoms with Crippen molar-refractivity contribution in [1.82, 2.24) is 4.98 Å². The second-order valence-corrected chi connectivity index (χ2v) is 3.78. The molecule has 2 N–H and O–H groups in total. The Bertz CT molecular complexity index is 579. The molecule has 0 aliphatic rings. The summed E-state index contributed by atoms with van der Waals surface area (Å²) in [7, 11) is 0. The fourth-order valence-electron chi connectivity index (χ4n) is 1.67. The predicted octanol–water partition coefficient (Wildman–Crippen LogP) is 3.84. The minimum Gasteiger partial charge on any atom is -0.354 e. The van der Waals surface area contributed by atoms with Gasteiger partial charge in [-0.25, -0.2) is 0 Å². The summed E-state index contributed by atoms with van der Waals surface area (Å²) in [6.45, 7) is 0. The molecule has 1 aromatic carbocycles. The van der Waals surface area contributed by atoms with Crippen molar-refractivity contribution < 1.29 is 13.2 Å². The summed E-state index contributed by atoms with van der Waals surface area (Å²) in [4.78, 5) is 3.87. The molecule has 0 bridgehead atoms. The summed E-state index contributed by atoms with van der Waals surface area (Å²) >= 11 is 0. The molecular formula is C13H10F3N3. The Kier molecular flexibility index (Phi) is 3.50. The molecule has 0 fully saturated rings. The third-order valence-corrected chi connectivity index (χ3v) is 2.50. The van der Waals surface area contributed by atoms with Crippen molar-refractivity contribution in [2.24, 2.45) is 0 Å². The van der Waals surface area contributed by atoms with Gasteiger partial charge in [0.25, 0.3) is 0 Å². The number of hydrogen-bond donors (Lipinski definition) is 2. The van der Waals surface area contributed by atoms with Crippen molar-refractivity contribution in [3.63, 3.8) is 0 Å². The Morgan fingerprint density at radius 3 is 2.53 bits per heavy atom. The molecule has 0 aliphatic heterocycles. The fraction of sp³-hybridized carbons (Fsp3) is 0.0769. The van der Waals surface area contributed by atoms with Gasteiger partial charge in [-0.3, -0.25) is 4.98 Å². The van der Waals surface area contributed by atoms with Gasteiger partial charge in [-0.1, -0.05) is 6.07 Å². The standard InChI is InChI=1S/C13H10F3N3/c14-13(15,16)11-4-1-5-12(10(11)7-17)19-9-3-2-6-18-8-9/h1-8,17,19H. The second kappa shape index (κ2) is 5.09. The van der Waals surface area contributed by atoms with Gasteiger partial charge in [-0.05, 0) is 24.3 Å². The van der Waals surface area contributed by atoms with E-state index in [4.69, 9.17) is 5.41 Å². The maximum Gasteiger partial charge on any atom is 0.417 e. The number of pyridine rings is 1. The summed E-state index contributed by atoms with van der Waals surface area (Å²) in [5.74, 6) is 0. The molecule has 2 rings (SSSR count). The largest absolute Gasteiger partial charge is 0.417 e. The van der Waals surface area contributed by atoms with Crippen LogP contribution in [0.1, 0.15) is 11.1 Å². The Morgan fingerprint density at radius 1 is 1.16 bits per heavy atom. The monoisotopic (exact) mass is 265 g/mol. The molecule has 19 heavy (non-hydrogen) atoms. The Labute approximate surface area is 107 Å². The summed E-state index contributed by atoms with van der Waals surface area (Å²) in [5.41, 5.74) is -0.252. The third kappa shape index (κ3) is 2.90. The summed E-state index contributed by atoms with van der Waals surface area (Å²) in [5, 5.41) is 10.0. The van der Waals surface area contributed by atoms with E-state index in [1.54, 1.807) is 18.3 Å². The van der Waals surface area contributed by atoms with Gasteiger partial charge in [0.05, 0.1) is 17.4 Å². The van der Waals surface area contributed by atoms with Crippen LogP contribution in [0, 0.1) is 5.41 Å². The molecule has 1 heterocycles. The van der Waals surface area contributed by atoms with Crippen molar-refractivity contribution in [1.29, 1.82) is 5.41 Å². The molecule has 98 valence electrons. The van der Waals surface area contributed by atoms with Crippen LogP contribution >= 0.6 is 0 Å². The molecule has 0 saturated carbocycles. The SMILES string of the molecule is N=Cc1c(Nc2cccnc2)cccc1C(F)(F)F. The average Bonchev–Trinajstić information content (AvgIpc) is 2.38. The van der Waals surface area contributed by atoms with E-state index >= 15 is 0 Å². The van der Waals surface area contributed by atoms with Gasteiger partial charge in [0, 0.05) is 23.7 Å². The second-order valence-electron chi connectivity index (χ2n) is 3.78. The quantitative estimate of drug-likeness (QED) is 0.828. The van der Waals surface area contributed by atoms with Crippen molar-refractivity contribution in [2.75, 3.05) is 5.32 Å². The number of halogens is 3. The molecule has 1 aromatic heterocycles. The van der Waals surface area contributed by atoms with Gasteiger partial charge in [0.1, 0.15) is 0 Å². The van der Waals surface area contributed by atoms with Crippen LogP contribution in [0.2, 0.25) is 0 Å². The minimum absolute atomic E-state index is 0.196. The first-order chi connectivity index (χ1) is 9.02. The van der Waals surface area contributed by atoms with E-state index in [2.05, 4.69) is 10.3 Å². The third-order valence-electron chi connectivity index (χ3n) is 2.50. The Morgan fingerprint density at radius 2 is 1.95 bits per heavy atom. The van der Waals surface area contributed by atoms with E-state index in [0.717, 1.165) is 6.07 Å². The molecule has 0 atom stereocenters. The number of alkyl halides is 3. The average molecular weight is 265 g/mol. The molecule has 2 aromatic rings. The Hall–Kier alpha value is -2.37. The molecule has 0 amide bonds. The summed E-state index contributed by atoms with van der Waals surface area (Å²) < 4.78 is 38.4. The minimum atomic E-state index is -4.49. The van der Waals surface area contributed by atoms with Crippen molar-refractivity contribution in [2.45, 2.75) is 6.18 Å². The van der Waals surface area contributed by atoms with Crippen LogP contribution in [0.25, 0.3) is 0 Å². The van der Waals surface area contributed by atoms with E-state index < -0.39 is 11.7 Å². The normalized spacial score (nSPS) is 11.1. The Balaban J connectivity index is 2.44. The van der Waals surface area contributed by atoms with Crippen molar-refractivity contribution >= 4 is 17.6 Å². The first kappa shape index (κ1) is 13.1. The van der Waals surface area contributed by atoms with E-state index in [0.29, 0.717) is 11.9 Å². The molecule has 0 saturated heterocycles. The molecule has 0 spiro atoms. The zero-order valence-corrected chi connectivity index (χ0v) is 9.70. The van der Waals surface area contributed by atoms with Crippen LogP contribution in [-0.2, 0) is 6.18 Å². The van der Waals surface area contributed by atoms with Gasteiger partial charge in [0.2, 0.25) is 0 Å². The van der Waals surface area contributed by atoms with Crippen LogP contribution in [0.5, 0.6) is 0 Å². The van der Waals surface area contributed by atoms with Gasteiger partial charge < -0.3 is 10.7 Å². The predicted molar refractivity (Wildman–Crippen MR) is 66.8 cm³/mol. The molecule has 6 heteroatoms. The highest BCUT2D eigenvalue weighted by molar-refractivity contribution is 5.89. The van der Waals surface area contributed by atoms with Crippen LogP contribution in [0.4, 0.5) is 24.5 Å². The lowest BCUT2D eigenvalue weighted by Gasteiger charge is -2.15. The highest BCUT2D eigenvalue weighted by Gasteiger charge is 2.33. The van der Waals surface area contributed by atoms with E-state index in [-0.39, 0.29) is 11.3 Å². The lowest BCUT2D eigenvalue weighted by molar-refractivity contribution is -0.137. The highest BCUT2D eigenvalue weighted by Crippen LogP contribution is 2.34. The van der Waals surface area contributed by atoms with Crippen LogP contribution < -0.4 is 5.32 Å². The maximum absolute atomic E-state index is 12.8. The first-order valence-electron chi connectivity index (χ1n) is 5.40. The van der Waals surface area contributed by atoms with Crippen molar-refractivity contribution in [3.8, 4) is 0 Å². The van der Waals surface area contributed by atoms with E-state index in [1.165, 1.54) is 18.3 Å². The van der Waals surface area contributed by atoms with Crippen LogP contribution in [0.15, 0.2) is 42.7 Å². The molecule has 0 unspecified atom stereocenters. The molecule has 0 aliphatic carbocycles. The molecule has 3 nitrogen and oxygen atoms in total. The van der Waals surface area contributed by atoms with Gasteiger partial charge in [-0.2, -0.15) is 13.2 Å². The smallest absolute Gasteiger partial charge is 0.354 e. The number of hydrogen-bond acceptors (Lipinski definition) is 3. The van der Waals surface area contributed by atoms with Crippen LogP contribution in [-0.4, -0.2) is 11.2 Å². The van der Waals surface area contributed by atoms with Gasteiger partial charge in [-0.15, -0.1) is 0 Å².